The molecule has 0 aliphatic carbocycles. The van der Waals surface area contributed by atoms with Crippen molar-refractivity contribution in [1.29, 1.82) is 0 Å². The molecule has 6 heteroatoms. The lowest BCUT2D eigenvalue weighted by Gasteiger charge is -2.27. The van der Waals surface area contributed by atoms with Gasteiger partial charge < -0.3 is 10.2 Å². The quantitative estimate of drug-likeness (QED) is 0.642. The van der Waals surface area contributed by atoms with Crippen molar-refractivity contribution in [3.05, 3.63) is 89.6 Å². The van der Waals surface area contributed by atoms with Gasteiger partial charge in [0.2, 0.25) is 0 Å². The molecule has 0 bridgehead atoms. The fraction of sp³-hybridized carbons (Fsp3) is 0.182. The van der Waals surface area contributed by atoms with Gasteiger partial charge in [-0.3, -0.25) is 4.79 Å². The van der Waals surface area contributed by atoms with Gasteiger partial charge in [-0.2, -0.15) is 0 Å². The molecule has 0 atom stereocenters. The Labute approximate surface area is 162 Å². The number of halogens is 2. The molecular formula is C22H21F2N3O. The number of nitrogens with one attached hydrogen (secondary N) is 1. The smallest absolute Gasteiger partial charge is 0.254 e. The van der Waals surface area contributed by atoms with Crippen molar-refractivity contribution in [2.45, 2.75) is 26.4 Å². The number of carbonyl (C=O) groups excluding carboxylic acids is 1. The van der Waals surface area contributed by atoms with Gasteiger partial charge in [0.15, 0.2) is 11.6 Å². The second-order valence-corrected chi connectivity index (χ2v) is 6.70. The molecule has 3 rings (SSSR count). The summed E-state index contributed by atoms with van der Waals surface area (Å²) >= 11 is 0. The Balaban J connectivity index is 1.80. The average Bonchev–Trinajstić information content (AvgIpc) is 2.69. The highest BCUT2D eigenvalue weighted by Gasteiger charge is 2.19. The van der Waals surface area contributed by atoms with Gasteiger partial charge in [-0.25, -0.2) is 13.8 Å². The first-order valence-corrected chi connectivity index (χ1v) is 8.97. The Kier molecular flexibility index (Phi) is 5.99. The van der Waals surface area contributed by atoms with Gasteiger partial charge in [-0.15, -0.1) is 0 Å². The fourth-order valence-electron chi connectivity index (χ4n) is 2.79. The van der Waals surface area contributed by atoms with Crippen molar-refractivity contribution in [2.75, 3.05) is 5.32 Å². The van der Waals surface area contributed by atoms with Gasteiger partial charge in [-0.1, -0.05) is 30.3 Å². The highest BCUT2D eigenvalue weighted by atomic mass is 19.2. The van der Waals surface area contributed by atoms with Crippen LogP contribution in [0.15, 0.2) is 66.9 Å². The van der Waals surface area contributed by atoms with E-state index in [1.165, 1.54) is 12.3 Å². The van der Waals surface area contributed by atoms with Crippen LogP contribution in [-0.4, -0.2) is 21.8 Å². The van der Waals surface area contributed by atoms with Crippen LogP contribution in [0.2, 0.25) is 0 Å². The zero-order valence-corrected chi connectivity index (χ0v) is 15.7. The van der Waals surface area contributed by atoms with Crippen molar-refractivity contribution in [1.82, 2.24) is 9.88 Å². The molecule has 0 spiro atoms. The van der Waals surface area contributed by atoms with E-state index in [0.29, 0.717) is 23.6 Å². The highest BCUT2D eigenvalue weighted by Crippen LogP contribution is 2.20. The topological polar surface area (TPSA) is 45.2 Å². The van der Waals surface area contributed by atoms with Gasteiger partial charge >= 0.3 is 0 Å². The summed E-state index contributed by atoms with van der Waals surface area (Å²) in [4.78, 5) is 19.0. The Bertz CT molecular complexity index is 961. The van der Waals surface area contributed by atoms with Crippen LogP contribution >= 0.6 is 0 Å². The molecule has 0 aliphatic rings. The van der Waals surface area contributed by atoms with E-state index >= 15 is 0 Å². The molecule has 1 heterocycles. The normalized spacial score (nSPS) is 10.8. The number of aromatic nitrogens is 1. The van der Waals surface area contributed by atoms with E-state index in [-0.39, 0.29) is 11.9 Å². The summed E-state index contributed by atoms with van der Waals surface area (Å²) in [6, 6.07) is 16.5. The molecule has 144 valence electrons. The number of nitrogens with zero attached hydrogens (tertiary/aromatic N) is 2. The summed E-state index contributed by atoms with van der Waals surface area (Å²) in [5.74, 6) is -1.63. The van der Waals surface area contributed by atoms with Crippen LogP contribution < -0.4 is 5.32 Å². The molecule has 0 unspecified atom stereocenters. The van der Waals surface area contributed by atoms with E-state index in [4.69, 9.17) is 0 Å². The molecule has 0 radical (unpaired) electrons. The first-order chi connectivity index (χ1) is 13.4. The van der Waals surface area contributed by atoms with Crippen LogP contribution in [0.1, 0.15) is 29.8 Å². The third kappa shape index (κ3) is 4.71. The number of amides is 1. The Morgan fingerprint density at radius 2 is 1.79 bits per heavy atom. The van der Waals surface area contributed by atoms with Crippen molar-refractivity contribution < 1.29 is 13.6 Å². The van der Waals surface area contributed by atoms with E-state index in [2.05, 4.69) is 10.3 Å². The molecule has 0 aliphatic heterocycles. The molecule has 3 aromatic rings. The Morgan fingerprint density at radius 3 is 2.46 bits per heavy atom. The van der Waals surface area contributed by atoms with Gasteiger partial charge in [0.25, 0.3) is 5.91 Å². The van der Waals surface area contributed by atoms with Crippen molar-refractivity contribution in [3.8, 4) is 0 Å². The van der Waals surface area contributed by atoms with E-state index < -0.39 is 11.6 Å². The second kappa shape index (κ2) is 8.61. The zero-order chi connectivity index (χ0) is 20.1. The number of hydrogen-bond acceptors (Lipinski definition) is 3. The van der Waals surface area contributed by atoms with Crippen molar-refractivity contribution in [2.24, 2.45) is 0 Å². The second-order valence-electron chi connectivity index (χ2n) is 6.70. The molecule has 1 aromatic heterocycles. The predicted molar refractivity (Wildman–Crippen MR) is 105 cm³/mol. The first-order valence-electron chi connectivity index (χ1n) is 8.97. The minimum Gasteiger partial charge on any atom is -0.340 e. The molecule has 1 N–H and O–H groups in total. The van der Waals surface area contributed by atoms with Gasteiger partial charge in [0, 0.05) is 36.1 Å². The van der Waals surface area contributed by atoms with Gasteiger partial charge in [0.05, 0.1) is 0 Å². The molecule has 0 saturated carbocycles. The minimum atomic E-state index is -0.953. The molecule has 1 amide bonds. The summed E-state index contributed by atoms with van der Waals surface area (Å²) in [7, 11) is 0. The number of carbonyl (C=O) groups is 1. The molecular weight excluding hydrogens is 360 g/mol. The first kappa shape index (κ1) is 19.5. The largest absolute Gasteiger partial charge is 0.340 e. The fourth-order valence-corrected chi connectivity index (χ4v) is 2.79. The molecule has 4 nitrogen and oxygen atoms in total. The van der Waals surface area contributed by atoms with Crippen LogP contribution in [0.3, 0.4) is 0 Å². The van der Waals surface area contributed by atoms with Gasteiger partial charge in [-0.05, 0) is 43.7 Å². The lowest BCUT2D eigenvalue weighted by Crippen LogP contribution is -2.36. The molecule has 0 fully saturated rings. The van der Waals surface area contributed by atoms with E-state index in [0.717, 1.165) is 17.7 Å². The predicted octanol–water partition coefficient (Wildman–Crippen LogP) is 5.15. The standard InChI is InChI=1S/C22H21F2N3O/c1-15(2)27(14-16-6-4-3-5-7-16)22(28)17-10-11-25-21(12-17)26-18-8-9-19(23)20(24)13-18/h3-13,15H,14H2,1-2H3,(H,25,26). The van der Waals surface area contributed by atoms with Crippen LogP contribution in [0.4, 0.5) is 20.3 Å². The van der Waals surface area contributed by atoms with Crippen LogP contribution in [0, 0.1) is 11.6 Å². The van der Waals surface area contributed by atoms with E-state index in [1.54, 1.807) is 17.0 Å². The number of pyridine rings is 1. The number of hydrogen-bond donors (Lipinski definition) is 1. The minimum absolute atomic E-state index is 0.00322. The lowest BCUT2D eigenvalue weighted by atomic mass is 10.1. The summed E-state index contributed by atoms with van der Waals surface area (Å²) < 4.78 is 26.5. The van der Waals surface area contributed by atoms with E-state index in [9.17, 15) is 13.6 Å². The average molecular weight is 381 g/mol. The van der Waals surface area contributed by atoms with E-state index in [1.807, 2.05) is 44.2 Å². The molecule has 0 saturated heterocycles. The molecule has 28 heavy (non-hydrogen) atoms. The molecule has 2 aromatic carbocycles. The zero-order valence-electron chi connectivity index (χ0n) is 15.7. The van der Waals surface area contributed by atoms with Crippen molar-refractivity contribution in [3.63, 3.8) is 0 Å². The Hall–Kier alpha value is -3.28. The van der Waals surface area contributed by atoms with Crippen LogP contribution in [-0.2, 0) is 6.54 Å². The van der Waals surface area contributed by atoms with Crippen LogP contribution in [0.25, 0.3) is 0 Å². The summed E-state index contributed by atoms with van der Waals surface area (Å²) in [5.41, 5.74) is 1.85. The monoisotopic (exact) mass is 381 g/mol. The summed E-state index contributed by atoms with van der Waals surface area (Å²) in [6.45, 7) is 4.41. The SMILES string of the molecule is CC(C)N(Cc1ccccc1)C(=O)c1ccnc(Nc2ccc(F)c(F)c2)c1. The highest BCUT2D eigenvalue weighted by molar-refractivity contribution is 5.95. The maximum absolute atomic E-state index is 13.4. The van der Waals surface area contributed by atoms with Crippen molar-refractivity contribution >= 4 is 17.4 Å². The third-order valence-corrected chi connectivity index (χ3v) is 4.28. The van der Waals surface area contributed by atoms with Crippen LogP contribution in [0.5, 0.6) is 0 Å². The maximum atomic E-state index is 13.4. The summed E-state index contributed by atoms with van der Waals surface area (Å²) in [5, 5.41) is 2.90. The number of anilines is 2. The maximum Gasteiger partial charge on any atom is 0.254 e. The number of benzene rings is 2. The third-order valence-electron chi connectivity index (χ3n) is 4.28. The van der Waals surface area contributed by atoms with Gasteiger partial charge in [0.1, 0.15) is 5.82 Å². The summed E-state index contributed by atoms with van der Waals surface area (Å²) in [6.07, 6.45) is 1.51. The lowest BCUT2D eigenvalue weighted by molar-refractivity contribution is 0.0690. The number of rotatable bonds is 6. The Morgan fingerprint density at radius 1 is 1.04 bits per heavy atom.